The van der Waals surface area contributed by atoms with Crippen molar-refractivity contribution in [1.82, 2.24) is 0 Å². The summed E-state index contributed by atoms with van der Waals surface area (Å²) >= 11 is 0. The summed E-state index contributed by atoms with van der Waals surface area (Å²) in [5.41, 5.74) is 1.02. The maximum Gasteiger partial charge on any atom is 0.201 e. The van der Waals surface area contributed by atoms with Crippen LogP contribution in [-0.4, -0.2) is 0 Å². The van der Waals surface area contributed by atoms with Gasteiger partial charge in [-0.2, -0.15) is 4.39 Å². The summed E-state index contributed by atoms with van der Waals surface area (Å²) < 4.78 is 32.3. The van der Waals surface area contributed by atoms with Crippen molar-refractivity contribution in [1.29, 1.82) is 0 Å². The Hall–Kier alpha value is -2.16. The highest BCUT2D eigenvalue weighted by Crippen LogP contribution is 2.24. The van der Waals surface area contributed by atoms with Crippen molar-refractivity contribution in [3.05, 3.63) is 71.8 Å². The van der Waals surface area contributed by atoms with Crippen LogP contribution in [0.15, 0.2) is 49.0 Å². The van der Waals surface area contributed by atoms with Gasteiger partial charge in [-0.15, -0.1) is 0 Å². The fourth-order valence-electron chi connectivity index (χ4n) is 1.55. The van der Waals surface area contributed by atoms with Crippen molar-refractivity contribution < 1.29 is 13.5 Å². The first-order valence-corrected chi connectivity index (χ1v) is 5.49. The molecule has 0 saturated heterocycles. The predicted molar refractivity (Wildman–Crippen MR) is 67.2 cm³/mol. The minimum absolute atomic E-state index is 0.0954. The minimum Gasteiger partial charge on any atom is -0.486 e. The van der Waals surface area contributed by atoms with Gasteiger partial charge in [-0.3, -0.25) is 0 Å². The van der Waals surface area contributed by atoms with Crippen molar-refractivity contribution in [3.63, 3.8) is 0 Å². The Balaban J connectivity index is 2.15. The number of ether oxygens (including phenoxy) is 1. The molecular weight excluding hydrogens is 234 g/mol. The summed E-state index contributed by atoms with van der Waals surface area (Å²) in [5, 5.41) is 0. The van der Waals surface area contributed by atoms with Gasteiger partial charge in [0.2, 0.25) is 5.82 Å². The molecule has 0 aromatic heterocycles. The highest BCUT2D eigenvalue weighted by atomic mass is 19.2. The third-order valence-corrected chi connectivity index (χ3v) is 2.53. The molecule has 0 atom stereocenters. The SMILES string of the molecule is C=Cc1ccc(OCc2ccccc2)c(F)c1F. The second-order valence-corrected chi connectivity index (χ2v) is 3.76. The topological polar surface area (TPSA) is 9.23 Å². The van der Waals surface area contributed by atoms with Gasteiger partial charge in [0.15, 0.2) is 11.6 Å². The molecule has 0 bridgehead atoms. The predicted octanol–water partition coefficient (Wildman–Crippen LogP) is 4.19. The molecular formula is C15H12F2O. The molecule has 0 amide bonds. The van der Waals surface area contributed by atoms with E-state index in [1.807, 2.05) is 30.3 Å². The van der Waals surface area contributed by atoms with Gasteiger partial charge < -0.3 is 4.74 Å². The van der Waals surface area contributed by atoms with Crippen LogP contribution in [0.3, 0.4) is 0 Å². The average molecular weight is 246 g/mol. The maximum atomic E-state index is 13.6. The minimum atomic E-state index is -0.983. The van der Waals surface area contributed by atoms with E-state index < -0.39 is 11.6 Å². The lowest BCUT2D eigenvalue weighted by molar-refractivity contribution is 0.284. The van der Waals surface area contributed by atoms with E-state index in [0.29, 0.717) is 0 Å². The molecule has 0 saturated carbocycles. The van der Waals surface area contributed by atoms with Crippen LogP contribution in [0, 0.1) is 11.6 Å². The normalized spacial score (nSPS) is 10.1. The van der Waals surface area contributed by atoms with Gasteiger partial charge in [0.1, 0.15) is 6.61 Å². The zero-order valence-corrected chi connectivity index (χ0v) is 9.70. The molecule has 0 spiro atoms. The van der Waals surface area contributed by atoms with Gasteiger partial charge >= 0.3 is 0 Å². The van der Waals surface area contributed by atoms with Gasteiger partial charge in [0, 0.05) is 5.56 Å². The quantitative estimate of drug-likeness (QED) is 0.786. The van der Waals surface area contributed by atoms with Crippen LogP contribution in [0.5, 0.6) is 5.75 Å². The average Bonchev–Trinajstić information content (AvgIpc) is 2.42. The second-order valence-electron chi connectivity index (χ2n) is 3.76. The van der Waals surface area contributed by atoms with E-state index in [2.05, 4.69) is 6.58 Å². The molecule has 92 valence electrons. The Morgan fingerprint density at radius 1 is 1.00 bits per heavy atom. The molecule has 2 aromatic rings. The van der Waals surface area contributed by atoms with E-state index in [1.165, 1.54) is 18.2 Å². The largest absolute Gasteiger partial charge is 0.486 e. The molecule has 0 unspecified atom stereocenters. The number of hydrogen-bond acceptors (Lipinski definition) is 1. The van der Waals surface area contributed by atoms with Crippen LogP contribution >= 0.6 is 0 Å². The fourth-order valence-corrected chi connectivity index (χ4v) is 1.55. The Morgan fingerprint density at radius 3 is 2.39 bits per heavy atom. The van der Waals surface area contributed by atoms with E-state index in [9.17, 15) is 8.78 Å². The van der Waals surface area contributed by atoms with Crippen LogP contribution in [0.25, 0.3) is 6.08 Å². The van der Waals surface area contributed by atoms with Crippen molar-refractivity contribution >= 4 is 6.08 Å². The van der Waals surface area contributed by atoms with E-state index in [0.717, 1.165) is 5.56 Å². The number of halogens is 2. The Bertz CT molecular complexity index is 550. The lowest BCUT2D eigenvalue weighted by Crippen LogP contribution is -1.99. The van der Waals surface area contributed by atoms with E-state index in [4.69, 9.17) is 4.74 Å². The van der Waals surface area contributed by atoms with E-state index in [1.54, 1.807) is 0 Å². The molecule has 2 rings (SSSR count). The van der Waals surface area contributed by atoms with Crippen LogP contribution < -0.4 is 4.74 Å². The highest BCUT2D eigenvalue weighted by molar-refractivity contribution is 5.50. The number of hydrogen-bond donors (Lipinski definition) is 0. The van der Waals surface area contributed by atoms with Crippen LogP contribution in [0.2, 0.25) is 0 Å². The molecule has 3 heteroatoms. The first kappa shape index (κ1) is 12.3. The monoisotopic (exact) mass is 246 g/mol. The maximum absolute atomic E-state index is 13.6. The number of rotatable bonds is 4. The highest BCUT2D eigenvalue weighted by Gasteiger charge is 2.12. The van der Waals surface area contributed by atoms with Crippen LogP contribution in [-0.2, 0) is 6.61 Å². The first-order valence-electron chi connectivity index (χ1n) is 5.49. The third-order valence-electron chi connectivity index (χ3n) is 2.53. The second kappa shape index (κ2) is 5.45. The van der Waals surface area contributed by atoms with Crippen molar-refractivity contribution in [2.75, 3.05) is 0 Å². The summed E-state index contributed by atoms with van der Waals surface area (Å²) in [6.07, 6.45) is 1.26. The summed E-state index contributed by atoms with van der Waals surface area (Å²) in [5.74, 6) is -2.01. The van der Waals surface area contributed by atoms with Crippen LogP contribution in [0.1, 0.15) is 11.1 Å². The molecule has 0 heterocycles. The van der Waals surface area contributed by atoms with Crippen LogP contribution in [0.4, 0.5) is 8.78 Å². The number of benzene rings is 2. The summed E-state index contributed by atoms with van der Waals surface area (Å²) in [6.45, 7) is 3.61. The molecule has 2 aromatic carbocycles. The van der Waals surface area contributed by atoms with Gasteiger partial charge in [0.25, 0.3) is 0 Å². The molecule has 0 N–H and O–H groups in total. The lowest BCUT2D eigenvalue weighted by atomic mass is 10.2. The molecule has 1 nitrogen and oxygen atoms in total. The lowest BCUT2D eigenvalue weighted by Gasteiger charge is -2.08. The zero-order chi connectivity index (χ0) is 13.0. The Morgan fingerprint density at radius 2 is 1.72 bits per heavy atom. The summed E-state index contributed by atoms with van der Waals surface area (Å²) in [6, 6.07) is 12.1. The fraction of sp³-hybridized carbons (Fsp3) is 0.0667. The van der Waals surface area contributed by atoms with Gasteiger partial charge in [-0.25, -0.2) is 4.39 Å². The molecule has 0 aliphatic carbocycles. The van der Waals surface area contributed by atoms with Crippen molar-refractivity contribution in [2.45, 2.75) is 6.61 Å². The molecule has 0 radical (unpaired) electrons. The standard InChI is InChI=1S/C15H12F2O/c1-2-12-8-9-13(15(17)14(12)16)18-10-11-6-4-3-5-7-11/h2-9H,1,10H2. The third kappa shape index (κ3) is 2.56. The molecule has 0 fully saturated rings. The first-order chi connectivity index (χ1) is 8.72. The molecule has 18 heavy (non-hydrogen) atoms. The molecule has 0 aliphatic rings. The molecule has 0 aliphatic heterocycles. The van der Waals surface area contributed by atoms with E-state index in [-0.39, 0.29) is 17.9 Å². The van der Waals surface area contributed by atoms with Gasteiger partial charge in [0.05, 0.1) is 0 Å². The van der Waals surface area contributed by atoms with Crippen molar-refractivity contribution in [3.8, 4) is 5.75 Å². The van der Waals surface area contributed by atoms with Gasteiger partial charge in [-0.05, 0) is 17.7 Å². The van der Waals surface area contributed by atoms with Crippen molar-refractivity contribution in [2.24, 2.45) is 0 Å². The summed E-state index contributed by atoms with van der Waals surface area (Å²) in [7, 11) is 0. The summed E-state index contributed by atoms with van der Waals surface area (Å²) in [4.78, 5) is 0. The Kier molecular flexibility index (Phi) is 3.72. The van der Waals surface area contributed by atoms with E-state index >= 15 is 0 Å². The van der Waals surface area contributed by atoms with Gasteiger partial charge in [-0.1, -0.05) is 43.0 Å². The smallest absolute Gasteiger partial charge is 0.201 e. The Labute approximate surface area is 104 Å². The zero-order valence-electron chi connectivity index (χ0n) is 9.70.